The van der Waals surface area contributed by atoms with Gasteiger partial charge < -0.3 is 14.2 Å². The molecule has 0 saturated heterocycles. The number of rotatable bonds is 55. The smallest absolute Gasteiger partial charge is 0.306 e. The molecule has 6 heteroatoms. The Bertz CT molecular complexity index is 1140. The van der Waals surface area contributed by atoms with E-state index in [1.165, 1.54) is 205 Å². The van der Waals surface area contributed by atoms with E-state index in [1.54, 1.807) is 0 Å². The van der Waals surface area contributed by atoms with Crippen LogP contribution in [0.3, 0.4) is 0 Å². The largest absolute Gasteiger partial charge is 0.462 e. The molecule has 6 nitrogen and oxygen atoms in total. The van der Waals surface area contributed by atoms with Gasteiger partial charge in [0.15, 0.2) is 6.10 Å². The number of esters is 3. The zero-order chi connectivity index (χ0) is 49.3. The van der Waals surface area contributed by atoms with Crippen LogP contribution in [0.15, 0.2) is 36.5 Å². The third kappa shape index (κ3) is 54.6. The van der Waals surface area contributed by atoms with Crippen LogP contribution >= 0.6 is 0 Å². The fourth-order valence-corrected chi connectivity index (χ4v) is 8.86. The van der Waals surface area contributed by atoms with Crippen molar-refractivity contribution >= 4 is 17.9 Å². The highest BCUT2D eigenvalue weighted by Crippen LogP contribution is 2.17. The summed E-state index contributed by atoms with van der Waals surface area (Å²) in [4.78, 5) is 38.2. The molecule has 0 heterocycles. The zero-order valence-electron chi connectivity index (χ0n) is 45.6. The molecule has 0 aliphatic heterocycles. The highest BCUT2D eigenvalue weighted by atomic mass is 16.6. The van der Waals surface area contributed by atoms with E-state index in [9.17, 15) is 14.4 Å². The molecule has 0 bridgehead atoms. The Morgan fingerprint density at radius 2 is 0.529 bits per heavy atom. The molecule has 0 aromatic rings. The topological polar surface area (TPSA) is 78.9 Å². The molecule has 0 aliphatic rings. The van der Waals surface area contributed by atoms with Crippen molar-refractivity contribution < 1.29 is 28.6 Å². The number of ether oxygens (including phenoxy) is 3. The summed E-state index contributed by atoms with van der Waals surface area (Å²) in [6, 6.07) is 0. The predicted octanol–water partition coefficient (Wildman–Crippen LogP) is 20.0. The van der Waals surface area contributed by atoms with E-state index in [1.807, 2.05) is 0 Å². The summed E-state index contributed by atoms with van der Waals surface area (Å²) in [5, 5.41) is 0. The first-order valence-corrected chi connectivity index (χ1v) is 30.0. The fourth-order valence-electron chi connectivity index (χ4n) is 8.86. The van der Waals surface area contributed by atoms with E-state index in [2.05, 4.69) is 57.2 Å². The molecule has 0 spiro atoms. The molecule has 0 aromatic heterocycles. The van der Waals surface area contributed by atoms with Crippen LogP contribution < -0.4 is 0 Å². The van der Waals surface area contributed by atoms with E-state index >= 15 is 0 Å². The second-order valence-corrected chi connectivity index (χ2v) is 20.3. The Morgan fingerprint density at radius 3 is 0.824 bits per heavy atom. The van der Waals surface area contributed by atoms with Gasteiger partial charge in [-0.25, -0.2) is 0 Å². The number of carbonyl (C=O) groups excluding carboxylic acids is 3. The third-order valence-electron chi connectivity index (χ3n) is 13.4. The van der Waals surface area contributed by atoms with Crippen LogP contribution in [0.4, 0.5) is 0 Å². The maximum Gasteiger partial charge on any atom is 0.306 e. The van der Waals surface area contributed by atoms with Crippen LogP contribution in [0.1, 0.15) is 323 Å². The first-order chi connectivity index (χ1) is 33.5. The minimum atomic E-state index is -0.773. The highest BCUT2D eigenvalue weighted by molar-refractivity contribution is 5.71. The van der Waals surface area contributed by atoms with Crippen molar-refractivity contribution in [2.45, 2.75) is 329 Å². The molecule has 0 aliphatic carbocycles. The van der Waals surface area contributed by atoms with Crippen LogP contribution in [0, 0.1) is 0 Å². The van der Waals surface area contributed by atoms with Crippen LogP contribution in [0.25, 0.3) is 0 Å². The van der Waals surface area contributed by atoms with Gasteiger partial charge in [0, 0.05) is 19.3 Å². The summed E-state index contributed by atoms with van der Waals surface area (Å²) >= 11 is 0. The van der Waals surface area contributed by atoms with Gasteiger partial charge in [-0.3, -0.25) is 14.4 Å². The van der Waals surface area contributed by atoms with E-state index in [0.717, 1.165) is 77.0 Å². The number of hydrogen-bond donors (Lipinski definition) is 0. The van der Waals surface area contributed by atoms with Crippen molar-refractivity contribution in [1.29, 1.82) is 0 Å². The quantitative estimate of drug-likeness (QED) is 0.0262. The Hall–Kier alpha value is -2.37. The maximum absolute atomic E-state index is 12.9. The highest BCUT2D eigenvalue weighted by Gasteiger charge is 2.19. The monoisotopic (exact) mass is 955 g/mol. The molecule has 1 unspecified atom stereocenters. The lowest BCUT2D eigenvalue weighted by molar-refractivity contribution is -0.167. The van der Waals surface area contributed by atoms with Crippen LogP contribution in [-0.4, -0.2) is 37.2 Å². The molecule has 1 atom stereocenters. The Kier molecular flexibility index (Phi) is 55.2. The van der Waals surface area contributed by atoms with E-state index < -0.39 is 6.10 Å². The third-order valence-corrected chi connectivity index (χ3v) is 13.4. The van der Waals surface area contributed by atoms with E-state index in [4.69, 9.17) is 14.2 Å². The minimum Gasteiger partial charge on any atom is -0.462 e. The number of carbonyl (C=O) groups is 3. The van der Waals surface area contributed by atoms with Gasteiger partial charge in [-0.15, -0.1) is 0 Å². The zero-order valence-corrected chi connectivity index (χ0v) is 45.6. The van der Waals surface area contributed by atoms with Crippen molar-refractivity contribution in [3.8, 4) is 0 Å². The minimum absolute atomic E-state index is 0.0713. The normalized spacial score (nSPS) is 12.2. The maximum atomic E-state index is 12.9. The summed E-state index contributed by atoms with van der Waals surface area (Å²) in [7, 11) is 0. The molecule has 0 N–H and O–H groups in total. The summed E-state index contributed by atoms with van der Waals surface area (Å²) < 4.78 is 16.9. The SMILES string of the molecule is CCCCCCC/C=C\C/C=C\C/C=C\CCCCCCCCC(=O)OCC(COC(=O)CCCCCCCCCCCCCCCC)OC(=O)CCCCCCCCCCCCCCCCC. The number of allylic oxidation sites excluding steroid dienone is 6. The average molecular weight is 956 g/mol. The van der Waals surface area contributed by atoms with Crippen LogP contribution in [0.2, 0.25) is 0 Å². The lowest BCUT2D eigenvalue weighted by atomic mass is 10.0. The molecule has 0 amide bonds. The van der Waals surface area contributed by atoms with Gasteiger partial charge in [-0.1, -0.05) is 282 Å². The predicted molar refractivity (Wildman–Crippen MR) is 293 cm³/mol. The summed E-state index contributed by atoms with van der Waals surface area (Å²) in [5.74, 6) is -0.863. The van der Waals surface area contributed by atoms with Crippen molar-refractivity contribution in [3.63, 3.8) is 0 Å². The van der Waals surface area contributed by atoms with Gasteiger partial charge in [0.05, 0.1) is 0 Å². The van der Waals surface area contributed by atoms with E-state index in [-0.39, 0.29) is 31.1 Å². The van der Waals surface area contributed by atoms with Gasteiger partial charge in [0.2, 0.25) is 0 Å². The standard InChI is InChI=1S/C62H114O6/c1-4-7-10-13-16-19-22-25-28-29-30-31-32-33-35-37-40-43-46-49-52-55-61(64)67-58-59(57-66-60(63)54-51-48-45-42-39-36-27-24-21-18-15-12-9-6-3)68-62(65)56-53-50-47-44-41-38-34-26-23-20-17-14-11-8-5-2/h22,25,29-30,32-33,59H,4-21,23-24,26-28,31,34-58H2,1-3H3/b25-22-,30-29-,33-32-. The van der Waals surface area contributed by atoms with Crippen LogP contribution in [0.5, 0.6) is 0 Å². The first-order valence-electron chi connectivity index (χ1n) is 30.0. The van der Waals surface area contributed by atoms with Gasteiger partial charge in [0.1, 0.15) is 13.2 Å². The number of hydrogen-bond acceptors (Lipinski definition) is 6. The summed E-state index contributed by atoms with van der Waals surface area (Å²) in [6.45, 7) is 6.67. The molecular formula is C62H114O6. The van der Waals surface area contributed by atoms with Crippen molar-refractivity contribution in [2.24, 2.45) is 0 Å². The van der Waals surface area contributed by atoms with Crippen molar-refractivity contribution in [2.75, 3.05) is 13.2 Å². The molecule has 0 aromatic carbocycles. The molecule has 0 fully saturated rings. The molecule has 0 saturated carbocycles. The van der Waals surface area contributed by atoms with Crippen molar-refractivity contribution in [3.05, 3.63) is 36.5 Å². The average Bonchev–Trinajstić information content (AvgIpc) is 3.34. The van der Waals surface area contributed by atoms with Gasteiger partial charge in [0.25, 0.3) is 0 Å². The summed E-state index contributed by atoms with van der Waals surface area (Å²) in [5.41, 5.74) is 0. The van der Waals surface area contributed by atoms with Gasteiger partial charge in [-0.05, 0) is 57.8 Å². The van der Waals surface area contributed by atoms with Crippen LogP contribution in [-0.2, 0) is 28.6 Å². The van der Waals surface area contributed by atoms with Crippen molar-refractivity contribution in [1.82, 2.24) is 0 Å². The lowest BCUT2D eigenvalue weighted by Crippen LogP contribution is -2.30. The second-order valence-electron chi connectivity index (χ2n) is 20.3. The molecule has 398 valence electrons. The first kappa shape index (κ1) is 65.6. The van der Waals surface area contributed by atoms with Gasteiger partial charge in [-0.2, -0.15) is 0 Å². The number of unbranched alkanes of at least 4 members (excludes halogenated alkanes) is 38. The fraction of sp³-hybridized carbons (Fsp3) is 0.855. The second kappa shape index (κ2) is 57.2. The van der Waals surface area contributed by atoms with E-state index in [0.29, 0.717) is 19.3 Å². The summed E-state index contributed by atoms with van der Waals surface area (Å²) in [6.07, 6.45) is 68.5. The Labute approximate surface area is 423 Å². The van der Waals surface area contributed by atoms with Gasteiger partial charge >= 0.3 is 17.9 Å². The Balaban J connectivity index is 4.33. The Morgan fingerprint density at radius 1 is 0.294 bits per heavy atom. The lowest BCUT2D eigenvalue weighted by Gasteiger charge is -2.18. The molecule has 0 rings (SSSR count). The molecule has 68 heavy (non-hydrogen) atoms. The molecule has 0 radical (unpaired) electrons. The molecular weight excluding hydrogens is 841 g/mol.